The smallest absolute Gasteiger partial charge is 0.342 e. The van der Waals surface area contributed by atoms with E-state index in [1.807, 2.05) is 0 Å². The number of carbonyl (C=O) groups excluding carboxylic acids is 3. The number of amides is 1. The first kappa shape index (κ1) is 30.0. The van der Waals surface area contributed by atoms with E-state index in [4.69, 9.17) is 9.47 Å². The molecule has 1 aliphatic heterocycles. The second-order valence-corrected chi connectivity index (χ2v) is 8.18. The molecule has 1 aromatic rings. The van der Waals surface area contributed by atoms with Gasteiger partial charge in [0.25, 0.3) is 0 Å². The molecule has 1 heterocycles. The highest BCUT2D eigenvalue weighted by atomic mass is 16.6. The van der Waals surface area contributed by atoms with E-state index in [1.54, 1.807) is 25.1 Å². The molecule has 38 heavy (non-hydrogen) atoms. The van der Waals surface area contributed by atoms with Gasteiger partial charge in [-0.15, -0.1) is 0 Å². The molecule has 1 aliphatic rings. The minimum Gasteiger partial charge on any atom is -0.507 e. The first-order valence-corrected chi connectivity index (χ1v) is 11.8. The third-order valence-corrected chi connectivity index (χ3v) is 5.32. The van der Waals surface area contributed by atoms with Gasteiger partial charge in [0, 0.05) is 18.7 Å². The van der Waals surface area contributed by atoms with Crippen molar-refractivity contribution in [1.29, 1.82) is 0 Å². The molecule has 1 aromatic carbocycles. The highest BCUT2D eigenvalue weighted by molar-refractivity contribution is 5.94. The van der Waals surface area contributed by atoms with Crippen LogP contribution in [0.2, 0.25) is 0 Å². The largest absolute Gasteiger partial charge is 0.507 e. The van der Waals surface area contributed by atoms with Gasteiger partial charge in [0.05, 0.1) is 25.3 Å². The van der Waals surface area contributed by atoms with Gasteiger partial charge in [0.15, 0.2) is 0 Å². The third-order valence-electron chi connectivity index (χ3n) is 5.32. The van der Waals surface area contributed by atoms with Gasteiger partial charge in [-0.1, -0.05) is 35.5 Å². The number of carbonyl (C=O) groups is 3. The van der Waals surface area contributed by atoms with Crippen molar-refractivity contribution in [2.75, 3.05) is 13.7 Å². The third kappa shape index (κ3) is 10.0. The van der Waals surface area contributed by atoms with Crippen LogP contribution in [0, 0.1) is 0 Å². The van der Waals surface area contributed by atoms with Crippen LogP contribution in [0.3, 0.4) is 0 Å². The maximum atomic E-state index is 13.1. The van der Waals surface area contributed by atoms with Gasteiger partial charge in [0.1, 0.15) is 30.6 Å². The number of esters is 2. The molecule has 0 spiro atoms. The highest BCUT2D eigenvalue weighted by Crippen LogP contribution is 2.25. The van der Waals surface area contributed by atoms with Crippen LogP contribution >= 0.6 is 0 Å². The summed E-state index contributed by atoms with van der Waals surface area (Å²) in [6, 6.07) is 4.57. The van der Waals surface area contributed by atoms with E-state index >= 15 is 0 Å². The summed E-state index contributed by atoms with van der Waals surface area (Å²) in [6.07, 6.45) is 7.96. The Morgan fingerprint density at radius 1 is 1.26 bits per heavy atom. The molecule has 204 valence electrons. The van der Waals surface area contributed by atoms with Crippen LogP contribution in [0.4, 0.5) is 0 Å². The Labute approximate surface area is 220 Å². The fraction of sp³-hybridized carbons (Fsp3) is 0.333. The van der Waals surface area contributed by atoms with E-state index in [2.05, 4.69) is 15.3 Å². The van der Waals surface area contributed by atoms with Crippen molar-refractivity contribution in [3.63, 3.8) is 0 Å². The molecule has 3 atom stereocenters. The van der Waals surface area contributed by atoms with E-state index in [1.165, 1.54) is 56.0 Å². The van der Waals surface area contributed by atoms with Crippen LogP contribution in [-0.4, -0.2) is 71.4 Å². The summed E-state index contributed by atoms with van der Waals surface area (Å²) in [7, 11) is 1.37. The maximum absolute atomic E-state index is 13.1. The summed E-state index contributed by atoms with van der Waals surface area (Å²) in [5.41, 5.74) is 0.942. The van der Waals surface area contributed by atoms with E-state index < -0.39 is 42.8 Å². The zero-order valence-electron chi connectivity index (χ0n) is 21.1. The lowest BCUT2D eigenvalue weighted by molar-refractivity contribution is -0.150. The number of nitrogens with zero attached hydrogens (tertiary/aromatic N) is 1. The van der Waals surface area contributed by atoms with Crippen molar-refractivity contribution in [2.45, 2.75) is 44.5 Å². The molecular formula is C27H32N2O9. The van der Waals surface area contributed by atoms with Crippen molar-refractivity contribution in [1.82, 2.24) is 5.32 Å². The molecule has 2 rings (SSSR count). The number of nitrogens with one attached hydrogen (secondary N) is 1. The van der Waals surface area contributed by atoms with Crippen LogP contribution < -0.4 is 5.32 Å². The molecule has 0 saturated heterocycles. The number of rotatable bonds is 7. The summed E-state index contributed by atoms with van der Waals surface area (Å²) < 4.78 is 10.8. The Balaban J connectivity index is 2.28. The average Bonchev–Trinajstić information content (AvgIpc) is 2.89. The highest BCUT2D eigenvalue weighted by Gasteiger charge is 2.25. The van der Waals surface area contributed by atoms with Gasteiger partial charge in [-0.2, -0.15) is 0 Å². The number of phenols is 1. The van der Waals surface area contributed by atoms with Gasteiger partial charge in [-0.25, -0.2) is 4.79 Å². The molecule has 0 radical (unpaired) electrons. The van der Waals surface area contributed by atoms with Crippen LogP contribution in [0.1, 0.15) is 35.7 Å². The molecular weight excluding hydrogens is 496 g/mol. The number of hydrogen-bond acceptors (Lipinski definition) is 10. The predicted octanol–water partition coefficient (Wildman–Crippen LogP) is 1.84. The normalized spacial score (nSPS) is 23.6. The summed E-state index contributed by atoms with van der Waals surface area (Å²) >= 11 is 0. The minimum absolute atomic E-state index is 0.0241. The molecule has 11 heteroatoms. The molecule has 0 bridgehead atoms. The Kier molecular flexibility index (Phi) is 12.5. The number of cyclic esters (lactones) is 2. The zero-order valence-corrected chi connectivity index (χ0v) is 21.1. The number of benzene rings is 1. The molecule has 1 amide bonds. The number of allylic oxidation sites excluding steroid dienone is 2. The van der Waals surface area contributed by atoms with Crippen molar-refractivity contribution in [3.05, 3.63) is 77.6 Å². The van der Waals surface area contributed by atoms with Crippen LogP contribution in [0.5, 0.6) is 5.75 Å². The van der Waals surface area contributed by atoms with Crippen molar-refractivity contribution >= 4 is 24.1 Å². The molecule has 0 saturated carbocycles. The SMILES string of the molecule is CO/N=C/C=C/C(=O)N/C=C/CC1CC(=O)OC(CO)/C=C/C(O)/C(C)=C\Cc2cccc(O)c2C(=O)O1. The second kappa shape index (κ2) is 15.8. The molecule has 0 fully saturated rings. The Morgan fingerprint density at radius 3 is 2.79 bits per heavy atom. The number of hydrogen-bond donors (Lipinski definition) is 4. The van der Waals surface area contributed by atoms with Crippen LogP contribution in [0.15, 0.2) is 71.6 Å². The quantitative estimate of drug-likeness (QED) is 0.136. The Bertz CT molecular complexity index is 1120. The number of ether oxygens (including phenoxy) is 2. The Hall–Kier alpha value is -4.22. The lowest BCUT2D eigenvalue weighted by Crippen LogP contribution is -2.27. The maximum Gasteiger partial charge on any atom is 0.342 e. The molecule has 0 aromatic heterocycles. The molecule has 0 aliphatic carbocycles. The number of aliphatic hydroxyl groups is 2. The van der Waals surface area contributed by atoms with Gasteiger partial charge >= 0.3 is 11.9 Å². The van der Waals surface area contributed by atoms with Gasteiger partial charge in [0.2, 0.25) is 5.91 Å². The van der Waals surface area contributed by atoms with Gasteiger partial charge < -0.3 is 34.9 Å². The second-order valence-electron chi connectivity index (χ2n) is 8.18. The summed E-state index contributed by atoms with van der Waals surface area (Å²) in [5.74, 6) is -2.37. The number of aromatic hydroxyl groups is 1. The lowest BCUT2D eigenvalue weighted by Gasteiger charge is -2.19. The molecule has 4 N–H and O–H groups in total. The summed E-state index contributed by atoms with van der Waals surface area (Å²) in [4.78, 5) is 41.9. The number of phenolic OH excluding ortho intramolecular Hbond substituents is 1. The predicted molar refractivity (Wildman–Crippen MR) is 138 cm³/mol. The Morgan fingerprint density at radius 2 is 2.05 bits per heavy atom. The van der Waals surface area contributed by atoms with Crippen LogP contribution in [0.25, 0.3) is 0 Å². The average molecular weight is 529 g/mol. The minimum atomic E-state index is -1.02. The van der Waals surface area contributed by atoms with Crippen LogP contribution in [-0.2, 0) is 30.3 Å². The number of oxime groups is 1. The van der Waals surface area contributed by atoms with Gasteiger partial charge in [-0.3, -0.25) is 9.59 Å². The standard InChI is InChI=1S/C27H32N2O9/c1-18-10-11-19-6-3-8-23(32)26(19)27(35)38-20(7-4-14-28-24(33)9-5-15-29-36-2)16-25(34)37-21(17-30)12-13-22(18)31/h3-6,8-10,12-15,20-22,30-32H,7,11,16-17H2,1-2H3,(H,28,33)/b9-5+,13-12+,14-4+,18-10-,29-15+. The topological polar surface area (TPSA) is 164 Å². The fourth-order valence-electron chi connectivity index (χ4n) is 3.32. The summed E-state index contributed by atoms with van der Waals surface area (Å²) in [6.45, 7) is 1.16. The number of aliphatic hydroxyl groups excluding tert-OH is 2. The van der Waals surface area contributed by atoms with E-state index in [9.17, 15) is 29.7 Å². The van der Waals surface area contributed by atoms with E-state index in [-0.39, 0.29) is 30.6 Å². The lowest BCUT2D eigenvalue weighted by atomic mass is 10.0. The van der Waals surface area contributed by atoms with Gasteiger partial charge in [-0.05, 0) is 42.7 Å². The fourth-order valence-corrected chi connectivity index (χ4v) is 3.32. The number of fused-ring (bicyclic) bond motifs is 1. The first-order chi connectivity index (χ1) is 18.2. The summed E-state index contributed by atoms with van der Waals surface area (Å²) in [5, 5.41) is 36.3. The van der Waals surface area contributed by atoms with Crippen molar-refractivity contribution in [3.8, 4) is 5.75 Å². The molecule has 11 nitrogen and oxygen atoms in total. The first-order valence-electron chi connectivity index (χ1n) is 11.8. The monoisotopic (exact) mass is 528 g/mol. The zero-order chi connectivity index (χ0) is 27.9. The molecule has 3 unspecified atom stereocenters. The van der Waals surface area contributed by atoms with Crippen molar-refractivity contribution < 1.29 is 44.0 Å². The van der Waals surface area contributed by atoms with Crippen molar-refractivity contribution in [2.24, 2.45) is 5.16 Å². The van der Waals surface area contributed by atoms with E-state index in [0.717, 1.165) is 0 Å². The van der Waals surface area contributed by atoms with E-state index in [0.29, 0.717) is 11.1 Å².